The summed E-state index contributed by atoms with van der Waals surface area (Å²) in [5, 5.41) is 10.4. The van der Waals surface area contributed by atoms with Crippen LogP contribution in [0.2, 0.25) is 0 Å². The molecule has 0 bridgehead atoms. The minimum Gasteiger partial charge on any atom is -0.502 e. The highest BCUT2D eigenvalue weighted by Crippen LogP contribution is 2.51. The molecular weight excluding hydrogens is 442 g/mol. The van der Waals surface area contributed by atoms with Crippen LogP contribution < -0.4 is 20.9 Å². The van der Waals surface area contributed by atoms with Crippen LogP contribution in [0, 0.1) is 0 Å². The second-order valence-electron chi connectivity index (χ2n) is 8.59. The minimum absolute atomic E-state index is 0.113. The fourth-order valence-electron chi connectivity index (χ4n) is 5.20. The van der Waals surface area contributed by atoms with Crippen molar-refractivity contribution in [3.8, 4) is 17.2 Å². The highest BCUT2D eigenvalue weighted by Gasteiger charge is 2.45. The number of nitrogens with zero attached hydrogens (tertiary/aromatic N) is 3. The summed E-state index contributed by atoms with van der Waals surface area (Å²) in [5.74, 6) is -1.15. The van der Waals surface area contributed by atoms with E-state index in [0.29, 0.717) is 22.3 Å². The zero-order chi connectivity index (χ0) is 24.5. The summed E-state index contributed by atoms with van der Waals surface area (Å²) in [6, 6.07) is 2.56. The molecule has 3 aliphatic rings. The number of hydrogen-bond donors (Lipinski definition) is 1. The maximum absolute atomic E-state index is 13.4. The van der Waals surface area contributed by atoms with Crippen LogP contribution in [0.1, 0.15) is 30.9 Å². The van der Waals surface area contributed by atoms with Gasteiger partial charge in [0, 0.05) is 36.1 Å². The van der Waals surface area contributed by atoms with Gasteiger partial charge in [0.15, 0.2) is 23.1 Å². The Morgan fingerprint density at radius 1 is 1.03 bits per heavy atom. The molecule has 5 rings (SSSR count). The van der Waals surface area contributed by atoms with Crippen molar-refractivity contribution in [3.63, 3.8) is 0 Å². The zero-order valence-corrected chi connectivity index (χ0v) is 19.1. The number of Topliss-reactive ketones (excluding diaryl/α,β-unsaturated/α-hetero) is 1. The molecule has 10 heteroatoms. The Morgan fingerprint density at radius 2 is 1.68 bits per heavy atom. The lowest BCUT2D eigenvalue weighted by Crippen LogP contribution is -2.40. The van der Waals surface area contributed by atoms with E-state index in [0.717, 1.165) is 10.1 Å². The van der Waals surface area contributed by atoms with E-state index < -0.39 is 23.3 Å². The fourth-order valence-corrected chi connectivity index (χ4v) is 5.20. The summed E-state index contributed by atoms with van der Waals surface area (Å²) in [6.07, 6.45) is 3.26. The summed E-state index contributed by atoms with van der Waals surface area (Å²) in [4.78, 5) is 52.0. The average Bonchev–Trinajstić information content (AvgIpc) is 3.05. The molecule has 0 fully saturated rings. The number of aromatic nitrogens is 3. The topological polar surface area (TPSA) is 122 Å². The van der Waals surface area contributed by atoms with Crippen LogP contribution in [-0.4, -0.2) is 44.8 Å². The van der Waals surface area contributed by atoms with Crippen molar-refractivity contribution in [1.82, 2.24) is 13.9 Å². The number of fused-ring (bicyclic) bond motifs is 3. The molecule has 1 N–H and O–H groups in total. The fraction of sp³-hybridized carbons (Fsp3) is 0.333. The van der Waals surface area contributed by atoms with Crippen LogP contribution in [-0.2, 0) is 23.2 Å². The maximum atomic E-state index is 13.4. The predicted molar refractivity (Wildman–Crippen MR) is 120 cm³/mol. The third kappa shape index (κ3) is 2.81. The van der Waals surface area contributed by atoms with Crippen molar-refractivity contribution in [2.24, 2.45) is 7.05 Å². The average molecular weight is 465 g/mol. The van der Waals surface area contributed by atoms with Gasteiger partial charge in [-0.25, -0.2) is 23.5 Å². The number of methoxy groups -OCH3 is 2. The SMILES string of the molecule is COc1cc([C@H]2C3=CCn4c(=O)n(C)c(=O)n4[C@@H]3CC3=C2C(=O)C(C)=CC3=O)cc(OC)c1O. The molecule has 2 atom stereocenters. The molecule has 1 aliphatic heterocycles. The minimum atomic E-state index is -0.701. The first-order valence-electron chi connectivity index (χ1n) is 10.7. The maximum Gasteiger partial charge on any atom is 0.347 e. The molecule has 2 aromatic rings. The van der Waals surface area contributed by atoms with Gasteiger partial charge in [-0.3, -0.25) is 9.59 Å². The lowest BCUT2D eigenvalue weighted by Gasteiger charge is -2.39. The van der Waals surface area contributed by atoms with Gasteiger partial charge in [-0.05, 0) is 36.3 Å². The molecule has 176 valence electrons. The van der Waals surface area contributed by atoms with E-state index in [-0.39, 0.29) is 41.8 Å². The molecule has 0 saturated carbocycles. The summed E-state index contributed by atoms with van der Waals surface area (Å²) in [6.45, 7) is 1.74. The van der Waals surface area contributed by atoms with Gasteiger partial charge in [0.25, 0.3) is 0 Å². The lowest BCUT2D eigenvalue weighted by molar-refractivity contribution is -0.116. The normalized spacial score (nSPS) is 21.4. The Kier molecular flexibility index (Phi) is 4.78. The van der Waals surface area contributed by atoms with Gasteiger partial charge in [0.1, 0.15) is 0 Å². The highest BCUT2D eigenvalue weighted by atomic mass is 16.5. The first-order chi connectivity index (χ1) is 16.2. The van der Waals surface area contributed by atoms with Crippen LogP contribution in [0.15, 0.2) is 56.2 Å². The van der Waals surface area contributed by atoms with Gasteiger partial charge in [0.2, 0.25) is 5.75 Å². The largest absolute Gasteiger partial charge is 0.502 e. The number of benzene rings is 1. The third-order valence-electron chi connectivity index (χ3n) is 6.86. The van der Waals surface area contributed by atoms with Crippen molar-refractivity contribution < 1.29 is 24.2 Å². The number of carbonyl (C=O) groups excluding carboxylic acids is 2. The van der Waals surface area contributed by atoms with E-state index in [1.807, 2.05) is 6.08 Å². The number of phenolic OH excluding ortho intramolecular Hbond substituents is 1. The van der Waals surface area contributed by atoms with E-state index in [4.69, 9.17) is 9.47 Å². The van der Waals surface area contributed by atoms with E-state index in [1.54, 1.807) is 19.1 Å². The number of phenols is 1. The predicted octanol–water partition coefficient (Wildman–Crippen LogP) is 1.13. The Hall–Kier alpha value is -4.08. The van der Waals surface area contributed by atoms with Crippen LogP contribution >= 0.6 is 0 Å². The van der Waals surface area contributed by atoms with Crippen molar-refractivity contribution in [2.75, 3.05) is 14.2 Å². The van der Waals surface area contributed by atoms with Crippen LogP contribution in [0.4, 0.5) is 0 Å². The molecule has 0 unspecified atom stereocenters. The molecule has 34 heavy (non-hydrogen) atoms. The van der Waals surface area contributed by atoms with Gasteiger partial charge in [-0.2, -0.15) is 0 Å². The van der Waals surface area contributed by atoms with Gasteiger partial charge in [-0.15, -0.1) is 0 Å². The molecule has 0 amide bonds. The molecule has 0 saturated heterocycles. The highest BCUT2D eigenvalue weighted by molar-refractivity contribution is 6.23. The molecule has 1 aromatic heterocycles. The van der Waals surface area contributed by atoms with Crippen molar-refractivity contribution >= 4 is 11.6 Å². The van der Waals surface area contributed by atoms with E-state index in [1.165, 1.54) is 36.7 Å². The molecule has 2 heterocycles. The summed E-state index contributed by atoms with van der Waals surface area (Å²) in [5.41, 5.74) is 1.31. The molecule has 10 nitrogen and oxygen atoms in total. The number of ketones is 2. The first-order valence-corrected chi connectivity index (χ1v) is 10.7. The first kappa shape index (κ1) is 21.7. The molecule has 0 spiro atoms. The number of rotatable bonds is 3. The third-order valence-corrected chi connectivity index (χ3v) is 6.86. The van der Waals surface area contributed by atoms with Gasteiger partial charge >= 0.3 is 11.4 Å². The van der Waals surface area contributed by atoms with Crippen molar-refractivity contribution in [2.45, 2.75) is 31.8 Å². The van der Waals surface area contributed by atoms with Crippen molar-refractivity contribution in [3.05, 3.63) is 73.1 Å². The monoisotopic (exact) mass is 465 g/mol. The van der Waals surface area contributed by atoms with Gasteiger partial charge < -0.3 is 14.6 Å². The number of carbonyl (C=O) groups is 2. The quantitative estimate of drug-likeness (QED) is 0.533. The smallest absolute Gasteiger partial charge is 0.347 e. The van der Waals surface area contributed by atoms with Gasteiger partial charge in [0.05, 0.1) is 26.8 Å². The lowest BCUT2D eigenvalue weighted by atomic mass is 9.67. The van der Waals surface area contributed by atoms with Gasteiger partial charge in [-0.1, -0.05) is 6.08 Å². The van der Waals surface area contributed by atoms with Crippen LogP contribution in [0.3, 0.4) is 0 Å². The van der Waals surface area contributed by atoms with E-state index in [9.17, 15) is 24.3 Å². The Morgan fingerprint density at radius 3 is 2.29 bits per heavy atom. The zero-order valence-electron chi connectivity index (χ0n) is 19.1. The molecule has 2 aliphatic carbocycles. The van der Waals surface area contributed by atoms with E-state index >= 15 is 0 Å². The van der Waals surface area contributed by atoms with Crippen LogP contribution in [0.25, 0.3) is 0 Å². The van der Waals surface area contributed by atoms with Crippen LogP contribution in [0.5, 0.6) is 17.2 Å². The second-order valence-corrected chi connectivity index (χ2v) is 8.59. The number of hydrogen-bond acceptors (Lipinski definition) is 7. The Labute approximate surface area is 193 Å². The summed E-state index contributed by atoms with van der Waals surface area (Å²) >= 11 is 0. The molecular formula is C24H23N3O7. The molecule has 1 aromatic carbocycles. The summed E-state index contributed by atoms with van der Waals surface area (Å²) in [7, 11) is 4.21. The van der Waals surface area contributed by atoms with Crippen molar-refractivity contribution in [1.29, 1.82) is 0 Å². The number of aromatic hydroxyl groups is 1. The summed E-state index contributed by atoms with van der Waals surface area (Å²) < 4.78 is 14.4. The number of ether oxygens (including phenoxy) is 2. The van der Waals surface area contributed by atoms with E-state index in [2.05, 4.69) is 0 Å². The second kappa shape index (κ2) is 7.47. The number of allylic oxidation sites excluding steroid dienone is 6. The Bertz CT molecular complexity index is 1470. The standard InChI is InChI=1S/C24H23N3O7/c1-11-7-16(28)14-10-15-13(5-6-26-23(31)25(2)24(32)27(15)26)19(20(14)21(11)29)12-8-17(33-3)22(30)18(9-12)34-4/h5,7-9,15,19,30H,6,10H2,1-4H3/t15-,19+/m1/s1. The molecule has 0 radical (unpaired) electrons. The Balaban J connectivity index is 1.81.